The molecule has 3 N–H and O–H groups in total. The predicted molar refractivity (Wildman–Crippen MR) is 131 cm³/mol. The van der Waals surface area contributed by atoms with E-state index in [1.165, 1.54) is 36.9 Å². The van der Waals surface area contributed by atoms with Crippen molar-refractivity contribution in [2.45, 2.75) is 83.6 Å². The molecule has 0 aliphatic carbocycles. The van der Waals surface area contributed by atoms with E-state index in [2.05, 4.69) is 34.7 Å². The van der Waals surface area contributed by atoms with Gasteiger partial charge >= 0.3 is 5.97 Å². The lowest BCUT2D eigenvalue weighted by Gasteiger charge is -2.20. The summed E-state index contributed by atoms with van der Waals surface area (Å²) >= 11 is 0. The Labute approximate surface area is 198 Å². The van der Waals surface area contributed by atoms with Crippen molar-refractivity contribution < 1.29 is 9.90 Å². The van der Waals surface area contributed by atoms with Gasteiger partial charge in [-0.1, -0.05) is 57.2 Å². The van der Waals surface area contributed by atoms with Crippen molar-refractivity contribution in [2.75, 3.05) is 0 Å². The van der Waals surface area contributed by atoms with Gasteiger partial charge in [0.25, 0.3) is 0 Å². The lowest BCUT2D eigenvalue weighted by Crippen LogP contribution is -2.24. The van der Waals surface area contributed by atoms with Crippen LogP contribution in [-0.4, -0.2) is 26.7 Å². The normalized spacial score (nSPS) is 13.9. The average molecular weight is 470 g/mol. The zero-order chi connectivity index (χ0) is 20.6. The number of aromatic nitrogens is 2. The monoisotopic (exact) mass is 469 g/mol. The number of carbonyl (C=O) groups is 1. The first-order chi connectivity index (χ1) is 14.1. The van der Waals surface area contributed by atoms with Crippen molar-refractivity contribution >= 4 is 30.8 Å². The van der Waals surface area contributed by atoms with Crippen molar-refractivity contribution in [3.8, 4) is 5.69 Å². The largest absolute Gasteiger partial charge is 0.481 e. The van der Waals surface area contributed by atoms with Gasteiger partial charge in [-0.2, -0.15) is 0 Å². The summed E-state index contributed by atoms with van der Waals surface area (Å²) in [6.07, 6.45) is 12.8. The lowest BCUT2D eigenvalue weighted by atomic mass is 9.92. The van der Waals surface area contributed by atoms with Crippen LogP contribution in [0.3, 0.4) is 0 Å². The van der Waals surface area contributed by atoms with Crippen molar-refractivity contribution in [3.63, 3.8) is 0 Å². The molecule has 0 amide bonds. The van der Waals surface area contributed by atoms with Crippen LogP contribution in [-0.2, 0) is 24.1 Å². The van der Waals surface area contributed by atoms with Gasteiger partial charge in [0.1, 0.15) is 0 Å². The van der Waals surface area contributed by atoms with Gasteiger partial charge in [-0.25, -0.2) is 4.98 Å². The average Bonchev–Trinajstić information content (AvgIpc) is 3.14. The van der Waals surface area contributed by atoms with Crippen LogP contribution in [0.15, 0.2) is 30.6 Å². The fourth-order valence-corrected chi connectivity index (χ4v) is 4.38. The van der Waals surface area contributed by atoms with Gasteiger partial charge in [0.15, 0.2) is 0 Å². The van der Waals surface area contributed by atoms with Gasteiger partial charge in [-0.3, -0.25) is 4.79 Å². The molecule has 5 nitrogen and oxygen atoms in total. The zero-order valence-electron chi connectivity index (χ0n) is 18.5. The molecule has 1 unspecified atom stereocenters. The van der Waals surface area contributed by atoms with Crippen LogP contribution >= 0.6 is 24.8 Å². The number of benzene rings is 1. The molecule has 0 bridgehead atoms. The summed E-state index contributed by atoms with van der Waals surface area (Å²) in [4.78, 5) is 16.5. The first-order valence-corrected chi connectivity index (χ1v) is 11.2. The van der Waals surface area contributed by atoms with Crippen LogP contribution in [0.2, 0.25) is 0 Å². The van der Waals surface area contributed by atoms with Crippen LogP contribution in [0.25, 0.3) is 5.69 Å². The molecular weight excluding hydrogens is 433 g/mol. The Morgan fingerprint density at radius 3 is 2.58 bits per heavy atom. The molecule has 174 valence electrons. The molecule has 2 heterocycles. The second-order valence-electron chi connectivity index (χ2n) is 8.42. The van der Waals surface area contributed by atoms with Crippen molar-refractivity contribution in [3.05, 3.63) is 47.5 Å². The van der Waals surface area contributed by atoms with Crippen LogP contribution in [0.4, 0.5) is 0 Å². The van der Waals surface area contributed by atoms with Gasteiger partial charge in [-0.15, -0.1) is 24.8 Å². The van der Waals surface area contributed by atoms with Crippen LogP contribution in [0.5, 0.6) is 0 Å². The second kappa shape index (κ2) is 13.8. The lowest BCUT2D eigenvalue weighted by molar-refractivity contribution is -0.142. The van der Waals surface area contributed by atoms with Crippen LogP contribution in [0.1, 0.15) is 75.2 Å². The van der Waals surface area contributed by atoms with Crippen molar-refractivity contribution in [2.24, 2.45) is 11.7 Å². The number of aryl methyl sites for hydroxylation is 1. The minimum Gasteiger partial charge on any atom is -0.481 e. The molecule has 1 aromatic carbocycles. The number of fused-ring (bicyclic) bond motifs is 3. The first-order valence-electron chi connectivity index (χ1n) is 11.2. The molecule has 7 heteroatoms. The number of carboxylic acids is 1. The smallest absolute Gasteiger partial charge is 0.306 e. The number of nitrogens with zero attached hydrogens (tertiary/aromatic N) is 2. The number of carboxylic acid groups (broad SMARTS) is 1. The molecule has 2 atom stereocenters. The summed E-state index contributed by atoms with van der Waals surface area (Å²) in [5.41, 5.74) is 10.8. The van der Waals surface area contributed by atoms with E-state index in [0.29, 0.717) is 12.8 Å². The SMILES string of the molecule is CCCCCCCC(N)CC[C@@H](Cc1ncn2c1CCc1ccccc1-2)C(=O)O.Cl.Cl. The van der Waals surface area contributed by atoms with E-state index in [1.807, 2.05) is 12.4 Å². The van der Waals surface area contributed by atoms with E-state index in [4.69, 9.17) is 5.73 Å². The summed E-state index contributed by atoms with van der Waals surface area (Å²) in [7, 11) is 0. The number of hydrogen-bond donors (Lipinski definition) is 2. The molecule has 0 saturated heterocycles. The van der Waals surface area contributed by atoms with E-state index in [1.54, 1.807) is 0 Å². The summed E-state index contributed by atoms with van der Waals surface area (Å²) in [5.74, 6) is -1.16. The summed E-state index contributed by atoms with van der Waals surface area (Å²) in [5, 5.41) is 9.74. The maximum atomic E-state index is 11.9. The number of unbranched alkanes of at least 4 members (excludes halogenated alkanes) is 4. The molecule has 1 aromatic heterocycles. The Bertz CT molecular complexity index is 810. The fourth-order valence-electron chi connectivity index (χ4n) is 4.38. The molecule has 0 fully saturated rings. The van der Waals surface area contributed by atoms with Gasteiger partial charge in [0.05, 0.1) is 17.9 Å². The molecular formula is C24H37Cl2N3O2. The molecule has 0 spiro atoms. The number of imidazole rings is 1. The van der Waals surface area contributed by atoms with Crippen molar-refractivity contribution in [1.82, 2.24) is 9.55 Å². The molecule has 31 heavy (non-hydrogen) atoms. The quantitative estimate of drug-likeness (QED) is 0.400. The van der Waals surface area contributed by atoms with Crippen molar-refractivity contribution in [1.29, 1.82) is 0 Å². The highest BCUT2D eigenvalue weighted by atomic mass is 35.5. The van der Waals surface area contributed by atoms with Gasteiger partial charge in [-0.05, 0) is 43.7 Å². The number of nitrogens with two attached hydrogens (primary N) is 1. The zero-order valence-corrected chi connectivity index (χ0v) is 20.1. The van der Waals surface area contributed by atoms with E-state index in [0.717, 1.165) is 43.5 Å². The van der Waals surface area contributed by atoms with E-state index in [9.17, 15) is 9.90 Å². The van der Waals surface area contributed by atoms with Crippen LogP contribution in [0, 0.1) is 5.92 Å². The molecule has 3 rings (SSSR count). The predicted octanol–water partition coefficient (Wildman–Crippen LogP) is 5.53. The maximum absolute atomic E-state index is 11.9. The summed E-state index contributed by atoms with van der Waals surface area (Å²) < 4.78 is 2.13. The first kappa shape index (κ1) is 27.5. The Balaban J connectivity index is 0.00000240. The highest BCUT2D eigenvalue weighted by Gasteiger charge is 2.25. The third kappa shape index (κ3) is 7.51. The van der Waals surface area contributed by atoms with Crippen LogP contribution < -0.4 is 5.73 Å². The van der Waals surface area contributed by atoms with Gasteiger partial charge < -0.3 is 15.4 Å². The van der Waals surface area contributed by atoms with E-state index >= 15 is 0 Å². The molecule has 1 aliphatic rings. The second-order valence-corrected chi connectivity index (χ2v) is 8.42. The van der Waals surface area contributed by atoms with E-state index < -0.39 is 11.9 Å². The van der Waals surface area contributed by atoms with E-state index in [-0.39, 0.29) is 30.9 Å². The van der Waals surface area contributed by atoms with Gasteiger partial charge in [0.2, 0.25) is 0 Å². The maximum Gasteiger partial charge on any atom is 0.306 e. The fraction of sp³-hybridized carbons (Fsp3) is 0.583. The Morgan fingerprint density at radius 2 is 1.84 bits per heavy atom. The number of para-hydroxylation sites is 1. The third-order valence-corrected chi connectivity index (χ3v) is 6.19. The van der Waals surface area contributed by atoms with Gasteiger partial charge in [0, 0.05) is 23.8 Å². The molecule has 0 saturated carbocycles. The number of hydrogen-bond acceptors (Lipinski definition) is 3. The highest BCUT2D eigenvalue weighted by Crippen LogP contribution is 2.28. The number of rotatable bonds is 12. The minimum atomic E-state index is -0.738. The Morgan fingerprint density at radius 1 is 1.10 bits per heavy atom. The molecule has 0 radical (unpaired) electrons. The third-order valence-electron chi connectivity index (χ3n) is 6.19. The number of halogens is 2. The summed E-state index contributed by atoms with van der Waals surface area (Å²) in [6.45, 7) is 2.22. The Kier molecular flexibility index (Phi) is 12.2. The topological polar surface area (TPSA) is 81.1 Å². The highest BCUT2D eigenvalue weighted by molar-refractivity contribution is 5.85. The Hall–Kier alpha value is -1.56. The summed E-state index contributed by atoms with van der Waals surface area (Å²) in [6, 6.07) is 8.47. The molecule has 1 aliphatic heterocycles. The standard InChI is InChI=1S/C24H35N3O2.2ClH/c1-2-3-4-5-6-10-20(25)14-12-19(24(28)29)16-21-23-15-13-18-9-7-8-11-22(18)27(23)17-26-21;;/h7-9,11,17,19-20H,2-6,10,12-16,25H2,1H3,(H,28,29);2*1H/t19-,20?;;/m0../s1. The molecule has 2 aromatic rings. The number of aliphatic carboxylic acids is 1. The minimum absolute atomic E-state index is 0.